The Morgan fingerprint density at radius 3 is 2.35 bits per heavy atom. The molecule has 102 valence electrons. The zero-order valence-corrected chi connectivity index (χ0v) is 11.7. The smallest absolute Gasteiger partial charge is 0.0630 e. The lowest BCUT2D eigenvalue weighted by Crippen LogP contribution is -2.46. The molecule has 0 saturated carbocycles. The molecule has 3 nitrogen and oxygen atoms in total. The molecule has 1 atom stereocenters. The Bertz CT molecular complexity index is 168. The molecule has 0 amide bonds. The molecule has 3 heteroatoms. The van der Waals surface area contributed by atoms with Gasteiger partial charge in [0.05, 0.1) is 6.61 Å². The highest BCUT2D eigenvalue weighted by molar-refractivity contribution is 4.75. The van der Waals surface area contributed by atoms with Gasteiger partial charge in [0.15, 0.2) is 0 Å². The Kier molecular flexibility index (Phi) is 8.67. The molecular weight excluding hydrogens is 212 g/mol. The van der Waals surface area contributed by atoms with Crippen molar-refractivity contribution in [3.8, 4) is 0 Å². The van der Waals surface area contributed by atoms with Crippen LogP contribution in [0.4, 0.5) is 0 Å². The predicted molar refractivity (Wildman–Crippen MR) is 73.5 cm³/mol. The number of nitrogens with zero attached hydrogens (tertiary/aromatic N) is 1. The normalized spacial score (nSPS) is 20.8. The van der Waals surface area contributed by atoms with E-state index in [1.807, 2.05) is 7.11 Å². The summed E-state index contributed by atoms with van der Waals surface area (Å²) in [6, 6.07) is 0.560. The highest BCUT2D eigenvalue weighted by Gasteiger charge is 2.18. The molecule has 1 aliphatic heterocycles. The third kappa shape index (κ3) is 6.39. The van der Waals surface area contributed by atoms with Gasteiger partial charge < -0.3 is 10.1 Å². The first-order chi connectivity index (χ1) is 8.38. The average molecular weight is 242 g/mol. The van der Waals surface area contributed by atoms with Crippen LogP contribution in [0.5, 0.6) is 0 Å². The zero-order chi connectivity index (χ0) is 12.3. The lowest BCUT2D eigenvalue weighted by atomic mass is 10.1. The third-order valence-corrected chi connectivity index (χ3v) is 3.57. The van der Waals surface area contributed by atoms with Crippen molar-refractivity contribution in [2.24, 2.45) is 0 Å². The van der Waals surface area contributed by atoms with Gasteiger partial charge in [-0.25, -0.2) is 0 Å². The number of hydrogen-bond donors (Lipinski definition) is 1. The van der Waals surface area contributed by atoms with Crippen LogP contribution in [0.25, 0.3) is 0 Å². The molecular formula is C14H30N2O. The van der Waals surface area contributed by atoms with Crippen molar-refractivity contribution in [2.75, 3.05) is 39.9 Å². The summed E-state index contributed by atoms with van der Waals surface area (Å²) in [7, 11) is 1.82. The van der Waals surface area contributed by atoms with Crippen LogP contribution >= 0.6 is 0 Å². The Morgan fingerprint density at radius 2 is 1.76 bits per heavy atom. The monoisotopic (exact) mass is 242 g/mol. The second-order valence-electron chi connectivity index (χ2n) is 5.12. The van der Waals surface area contributed by atoms with Crippen LogP contribution in [0.15, 0.2) is 0 Å². The van der Waals surface area contributed by atoms with Crippen LogP contribution in [0.1, 0.15) is 45.4 Å². The number of methoxy groups -OCH3 is 1. The maximum absolute atomic E-state index is 5.38. The molecule has 1 rings (SSSR count). The van der Waals surface area contributed by atoms with Gasteiger partial charge in [0.2, 0.25) is 0 Å². The van der Waals surface area contributed by atoms with E-state index in [0.717, 1.165) is 19.7 Å². The SMILES string of the molecule is CCCNCC(COC)N1CCCCCCC1. The number of hydrogen-bond acceptors (Lipinski definition) is 3. The molecule has 1 fully saturated rings. The van der Waals surface area contributed by atoms with Crippen molar-refractivity contribution in [2.45, 2.75) is 51.5 Å². The van der Waals surface area contributed by atoms with E-state index in [1.54, 1.807) is 0 Å². The van der Waals surface area contributed by atoms with Crippen molar-refractivity contribution in [1.29, 1.82) is 0 Å². The number of ether oxygens (including phenoxy) is 1. The van der Waals surface area contributed by atoms with E-state index in [0.29, 0.717) is 6.04 Å². The lowest BCUT2D eigenvalue weighted by molar-refractivity contribution is 0.0835. The van der Waals surface area contributed by atoms with E-state index in [9.17, 15) is 0 Å². The first kappa shape index (κ1) is 14.9. The summed E-state index contributed by atoms with van der Waals surface area (Å²) in [6.07, 6.45) is 8.15. The van der Waals surface area contributed by atoms with Crippen molar-refractivity contribution >= 4 is 0 Å². The summed E-state index contributed by atoms with van der Waals surface area (Å²) in [5.41, 5.74) is 0. The van der Waals surface area contributed by atoms with Gasteiger partial charge in [-0.2, -0.15) is 0 Å². The highest BCUT2D eigenvalue weighted by atomic mass is 16.5. The minimum Gasteiger partial charge on any atom is -0.383 e. The van der Waals surface area contributed by atoms with Gasteiger partial charge in [0.25, 0.3) is 0 Å². The molecule has 0 radical (unpaired) electrons. The van der Waals surface area contributed by atoms with E-state index >= 15 is 0 Å². The number of nitrogens with one attached hydrogen (secondary N) is 1. The Balaban J connectivity index is 2.35. The Hall–Kier alpha value is -0.120. The second kappa shape index (κ2) is 9.86. The van der Waals surface area contributed by atoms with E-state index in [1.165, 1.54) is 51.6 Å². The van der Waals surface area contributed by atoms with Gasteiger partial charge in [0.1, 0.15) is 0 Å². The van der Waals surface area contributed by atoms with Crippen molar-refractivity contribution in [1.82, 2.24) is 10.2 Å². The highest BCUT2D eigenvalue weighted by Crippen LogP contribution is 2.13. The van der Waals surface area contributed by atoms with E-state index in [2.05, 4.69) is 17.1 Å². The van der Waals surface area contributed by atoms with Gasteiger partial charge in [-0.05, 0) is 38.9 Å². The zero-order valence-electron chi connectivity index (χ0n) is 11.7. The van der Waals surface area contributed by atoms with Gasteiger partial charge in [-0.15, -0.1) is 0 Å². The van der Waals surface area contributed by atoms with Crippen molar-refractivity contribution in [3.63, 3.8) is 0 Å². The molecule has 1 unspecified atom stereocenters. The van der Waals surface area contributed by atoms with Gasteiger partial charge >= 0.3 is 0 Å². The van der Waals surface area contributed by atoms with Crippen LogP contribution in [0.2, 0.25) is 0 Å². The fourth-order valence-corrected chi connectivity index (χ4v) is 2.57. The van der Waals surface area contributed by atoms with E-state index < -0.39 is 0 Å². The lowest BCUT2D eigenvalue weighted by Gasteiger charge is -2.32. The fraction of sp³-hybridized carbons (Fsp3) is 1.00. The summed E-state index contributed by atoms with van der Waals surface area (Å²) in [5, 5.41) is 3.53. The van der Waals surface area contributed by atoms with Crippen LogP contribution in [-0.4, -0.2) is 50.8 Å². The molecule has 0 aromatic rings. The number of likely N-dealkylation sites (tertiary alicyclic amines) is 1. The van der Waals surface area contributed by atoms with Crippen LogP contribution < -0.4 is 5.32 Å². The van der Waals surface area contributed by atoms with Crippen LogP contribution in [-0.2, 0) is 4.74 Å². The number of rotatable bonds is 7. The maximum atomic E-state index is 5.38. The van der Waals surface area contributed by atoms with Gasteiger partial charge in [-0.3, -0.25) is 4.90 Å². The Morgan fingerprint density at radius 1 is 1.12 bits per heavy atom. The Labute approximate surface area is 107 Å². The summed E-state index contributed by atoms with van der Waals surface area (Å²) < 4.78 is 5.38. The largest absolute Gasteiger partial charge is 0.383 e. The van der Waals surface area contributed by atoms with Crippen molar-refractivity contribution < 1.29 is 4.74 Å². The third-order valence-electron chi connectivity index (χ3n) is 3.57. The quantitative estimate of drug-likeness (QED) is 0.693. The molecule has 0 aromatic heterocycles. The molecule has 0 aliphatic carbocycles. The second-order valence-corrected chi connectivity index (χ2v) is 5.12. The summed E-state index contributed by atoms with van der Waals surface area (Å²) in [4.78, 5) is 2.63. The molecule has 17 heavy (non-hydrogen) atoms. The minimum atomic E-state index is 0.560. The predicted octanol–water partition coefficient (Wildman–Crippen LogP) is 2.27. The van der Waals surface area contributed by atoms with Gasteiger partial charge in [0, 0.05) is 19.7 Å². The summed E-state index contributed by atoms with van der Waals surface area (Å²) in [5.74, 6) is 0. The van der Waals surface area contributed by atoms with Crippen molar-refractivity contribution in [3.05, 3.63) is 0 Å². The topological polar surface area (TPSA) is 24.5 Å². The summed E-state index contributed by atoms with van der Waals surface area (Å²) in [6.45, 7) is 7.77. The first-order valence-corrected chi connectivity index (χ1v) is 7.32. The molecule has 1 saturated heterocycles. The van der Waals surface area contributed by atoms with E-state index in [-0.39, 0.29) is 0 Å². The molecule has 0 spiro atoms. The standard InChI is InChI=1S/C14H30N2O/c1-3-9-15-12-14(13-17-2)16-10-7-5-4-6-8-11-16/h14-15H,3-13H2,1-2H3. The molecule has 1 heterocycles. The molecule has 1 aliphatic rings. The first-order valence-electron chi connectivity index (χ1n) is 7.32. The minimum absolute atomic E-state index is 0.560. The maximum Gasteiger partial charge on any atom is 0.0630 e. The molecule has 0 aromatic carbocycles. The average Bonchev–Trinajstić information content (AvgIpc) is 2.28. The fourth-order valence-electron chi connectivity index (χ4n) is 2.57. The van der Waals surface area contributed by atoms with E-state index in [4.69, 9.17) is 4.74 Å². The van der Waals surface area contributed by atoms with Crippen LogP contribution in [0, 0.1) is 0 Å². The summed E-state index contributed by atoms with van der Waals surface area (Å²) >= 11 is 0. The van der Waals surface area contributed by atoms with Crippen LogP contribution in [0.3, 0.4) is 0 Å². The molecule has 1 N–H and O–H groups in total. The van der Waals surface area contributed by atoms with Gasteiger partial charge in [-0.1, -0.05) is 26.2 Å². The molecule has 0 bridgehead atoms.